The summed E-state index contributed by atoms with van der Waals surface area (Å²) in [6, 6.07) is 13.1. The molecule has 5 heteroatoms. The van der Waals surface area contributed by atoms with E-state index in [1.165, 1.54) is 6.07 Å². The zero-order chi connectivity index (χ0) is 17.8. The Morgan fingerprint density at radius 3 is 2.72 bits per heavy atom. The van der Waals surface area contributed by atoms with Gasteiger partial charge in [-0.05, 0) is 37.5 Å². The van der Waals surface area contributed by atoms with Crippen LogP contribution >= 0.6 is 11.6 Å². The fraction of sp³-hybridized carbons (Fsp3) is 0.250. The van der Waals surface area contributed by atoms with E-state index < -0.39 is 0 Å². The maximum atomic E-state index is 9.30. The highest BCUT2D eigenvalue weighted by Crippen LogP contribution is 2.44. The van der Waals surface area contributed by atoms with Gasteiger partial charge in [0.25, 0.3) is 0 Å². The standard InChI is InChI=1S/C20H18ClN3O/c1-2-13-7-6-10-17(13)25-20-16(23)11-14(12-22)18(21)19(20)24-15-8-4-3-5-9-15/h1,3-5,8-9,11,13,17,24H,6-7,10,23H2/t13-,17-/m1/s1. The predicted octanol–water partition coefficient (Wildman–Crippen LogP) is 4.72. The molecule has 4 nitrogen and oxygen atoms in total. The van der Waals surface area contributed by atoms with Crippen LogP contribution in [0.5, 0.6) is 5.75 Å². The van der Waals surface area contributed by atoms with Crippen molar-refractivity contribution < 1.29 is 4.74 Å². The van der Waals surface area contributed by atoms with Gasteiger partial charge < -0.3 is 15.8 Å². The summed E-state index contributed by atoms with van der Waals surface area (Å²) in [7, 11) is 0. The van der Waals surface area contributed by atoms with E-state index in [2.05, 4.69) is 17.3 Å². The zero-order valence-corrected chi connectivity index (χ0v) is 14.4. The molecule has 1 aliphatic rings. The molecular weight excluding hydrogens is 334 g/mol. The van der Waals surface area contributed by atoms with Crippen LogP contribution in [-0.4, -0.2) is 6.10 Å². The third-order valence-corrected chi connectivity index (χ3v) is 4.74. The molecule has 3 N–H and O–H groups in total. The number of nitrogens with two attached hydrogens (primary N) is 1. The van der Waals surface area contributed by atoms with Crippen molar-refractivity contribution in [3.63, 3.8) is 0 Å². The van der Waals surface area contributed by atoms with Crippen molar-refractivity contribution in [3.05, 3.63) is 47.0 Å². The lowest BCUT2D eigenvalue weighted by Gasteiger charge is -2.23. The molecule has 0 aliphatic heterocycles. The highest BCUT2D eigenvalue weighted by Gasteiger charge is 2.29. The highest BCUT2D eigenvalue weighted by atomic mass is 35.5. The summed E-state index contributed by atoms with van der Waals surface area (Å²) in [6.45, 7) is 0. The van der Waals surface area contributed by atoms with E-state index >= 15 is 0 Å². The third-order valence-electron chi connectivity index (χ3n) is 4.34. The van der Waals surface area contributed by atoms with Crippen LogP contribution in [0.1, 0.15) is 24.8 Å². The molecular formula is C20H18ClN3O. The molecule has 0 spiro atoms. The second-order valence-corrected chi connectivity index (χ2v) is 6.37. The SMILES string of the molecule is C#C[C@@H]1CCC[C@H]1Oc1c(N)cc(C#N)c(Cl)c1Nc1ccccc1. The van der Waals surface area contributed by atoms with E-state index in [1.54, 1.807) is 0 Å². The van der Waals surface area contributed by atoms with Crippen LogP contribution in [0.15, 0.2) is 36.4 Å². The average Bonchev–Trinajstić information content (AvgIpc) is 3.09. The van der Waals surface area contributed by atoms with Crippen LogP contribution in [0.2, 0.25) is 5.02 Å². The van der Waals surface area contributed by atoms with E-state index in [1.807, 2.05) is 30.3 Å². The fourth-order valence-electron chi connectivity index (χ4n) is 3.06. The quantitative estimate of drug-likeness (QED) is 0.617. The molecule has 0 amide bonds. The van der Waals surface area contributed by atoms with Gasteiger partial charge in [0.05, 0.1) is 22.2 Å². The smallest absolute Gasteiger partial charge is 0.167 e. The van der Waals surface area contributed by atoms with Gasteiger partial charge in [0.15, 0.2) is 5.75 Å². The van der Waals surface area contributed by atoms with Crippen molar-refractivity contribution in [2.45, 2.75) is 25.4 Å². The summed E-state index contributed by atoms with van der Waals surface area (Å²) in [5.74, 6) is 3.29. The van der Waals surface area contributed by atoms with E-state index in [9.17, 15) is 5.26 Å². The molecule has 0 saturated heterocycles. The Bertz CT molecular complexity index is 852. The number of halogens is 1. The van der Waals surface area contributed by atoms with Crippen molar-refractivity contribution in [1.82, 2.24) is 0 Å². The van der Waals surface area contributed by atoms with Crippen molar-refractivity contribution in [2.24, 2.45) is 5.92 Å². The van der Waals surface area contributed by atoms with Crippen LogP contribution in [0.4, 0.5) is 17.1 Å². The first-order chi connectivity index (χ1) is 12.1. The first-order valence-corrected chi connectivity index (χ1v) is 8.48. The van der Waals surface area contributed by atoms with Gasteiger partial charge in [0, 0.05) is 5.69 Å². The summed E-state index contributed by atoms with van der Waals surface area (Å²) in [5, 5.41) is 12.8. The molecule has 1 aliphatic carbocycles. The Kier molecular flexibility index (Phi) is 5.03. The highest BCUT2D eigenvalue weighted by molar-refractivity contribution is 6.35. The Morgan fingerprint density at radius 2 is 2.04 bits per heavy atom. The van der Waals surface area contributed by atoms with Gasteiger partial charge in [0.2, 0.25) is 0 Å². The van der Waals surface area contributed by atoms with Gasteiger partial charge in [-0.25, -0.2) is 0 Å². The van der Waals surface area contributed by atoms with Crippen LogP contribution in [-0.2, 0) is 0 Å². The first-order valence-electron chi connectivity index (χ1n) is 8.11. The third kappa shape index (κ3) is 3.50. The topological polar surface area (TPSA) is 71.1 Å². The molecule has 0 aromatic heterocycles. The van der Waals surface area contributed by atoms with Gasteiger partial charge in [-0.15, -0.1) is 6.42 Å². The first kappa shape index (κ1) is 17.0. The van der Waals surface area contributed by atoms with Gasteiger partial charge in [-0.1, -0.05) is 35.7 Å². The number of benzene rings is 2. The lowest BCUT2D eigenvalue weighted by atomic mass is 10.1. The predicted molar refractivity (Wildman–Crippen MR) is 101 cm³/mol. The number of ether oxygens (including phenoxy) is 1. The van der Waals surface area contributed by atoms with Crippen LogP contribution in [0.25, 0.3) is 0 Å². The Morgan fingerprint density at radius 1 is 1.28 bits per heavy atom. The Balaban J connectivity index is 2.03. The van der Waals surface area contributed by atoms with Gasteiger partial charge in [0.1, 0.15) is 17.9 Å². The summed E-state index contributed by atoms with van der Waals surface area (Å²) >= 11 is 6.43. The lowest BCUT2D eigenvalue weighted by Crippen LogP contribution is -2.21. The van der Waals surface area contributed by atoms with Crippen molar-refractivity contribution in [2.75, 3.05) is 11.1 Å². The molecule has 2 atom stereocenters. The van der Waals surface area contributed by atoms with Crippen LogP contribution < -0.4 is 15.8 Å². The fourth-order valence-corrected chi connectivity index (χ4v) is 3.29. The molecule has 0 unspecified atom stereocenters. The summed E-state index contributed by atoms with van der Waals surface area (Å²) < 4.78 is 6.17. The number of hydrogen-bond acceptors (Lipinski definition) is 4. The summed E-state index contributed by atoms with van der Waals surface area (Å²) in [4.78, 5) is 0. The van der Waals surface area contributed by atoms with Gasteiger partial charge >= 0.3 is 0 Å². The molecule has 0 heterocycles. The minimum Gasteiger partial charge on any atom is -0.485 e. The minimum atomic E-state index is -0.104. The number of rotatable bonds is 4. The molecule has 25 heavy (non-hydrogen) atoms. The molecule has 2 aromatic rings. The van der Waals surface area contributed by atoms with Crippen LogP contribution in [0.3, 0.4) is 0 Å². The Hall–Kier alpha value is -2.82. The number of nitrogens with one attached hydrogen (secondary N) is 1. The lowest BCUT2D eigenvalue weighted by molar-refractivity contribution is 0.186. The van der Waals surface area contributed by atoms with Crippen molar-refractivity contribution >= 4 is 28.7 Å². The van der Waals surface area contributed by atoms with Crippen LogP contribution in [0, 0.1) is 29.6 Å². The molecule has 1 saturated carbocycles. The number of nitriles is 1. The normalized spacial score (nSPS) is 19.0. The maximum absolute atomic E-state index is 9.30. The molecule has 1 fully saturated rings. The molecule has 0 bridgehead atoms. The summed E-state index contributed by atoms with van der Waals surface area (Å²) in [5.41, 5.74) is 8.13. The van der Waals surface area contributed by atoms with E-state index in [0.29, 0.717) is 22.7 Å². The van der Waals surface area contributed by atoms with Crippen molar-refractivity contribution in [1.29, 1.82) is 5.26 Å². The maximum Gasteiger partial charge on any atom is 0.167 e. The summed E-state index contributed by atoms with van der Waals surface area (Å²) in [6.07, 6.45) is 8.33. The van der Waals surface area contributed by atoms with E-state index in [0.717, 1.165) is 24.9 Å². The largest absolute Gasteiger partial charge is 0.485 e. The van der Waals surface area contributed by atoms with E-state index in [-0.39, 0.29) is 17.0 Å². The molecule has 126 valence electrons. The second kappa shape index (κ2) is 7.38. The van der Waals surface area contributed by atoms with Gasteiger partial charge in [-0.3, -0.25) is 0 Å². The Labute approximate surface area is 152 Å². The number of nitrogens with zero attached hydrogens (tertiary/aromatic N) is 1. The average molecular weight is 352 g/mol. The molecule has 3 rings (SSSR count). The van der Waals surface area contributed by atoms with Gasteiger partial charge in [-0.2, -0.15) is 5.26 Å². The number of hydrogen-bond donors (Lipinski definition) is 2. The number of para-hydroxylation sites is 1. The molecule has 2 aromatic carbocycles. The number of nitrogen functional groups attached to an aromatic ring is 1. The second-order valence-electron chi connectivity index (χ2n) is 5.99. The number of terminal acetylenes is 1. The monoisotopic (exact) mass is 351 g/mol. The molecule has 0 radical (unpaired) electrons. The van der Waals surface area contributed by atoms with Crippen molar-refractivity contribution in [3.8, 4) is 24.2 Å². The number of anilines is 3. The zero-order valence-electron chi connectivity index (χ0n) is 13.6. The van der Waals surface area contributed by atoms with E-state index in [4.69, 9.17) is 28.5 Å². The minimum absolute atomic E-state index is 0.0541.